The van der Waals surface area contributed by atoms with Gasteiger partial charge in [0.05, 0.1) is 0 Å². The van der Waals surface area contributed by atoms with Crippen molar-refractivity contribution in [3.8, 4) is 10.4 Å². The molecule has 2 aromatic rings. The number of rotatable bonds is 3. The largest absolute Gasteiger partial charge is 0.448 e. The second-order valence-corrected chi connectivity index (χ2v) is 8.46. The molecule has 0 unspecified atom stereocenters. The van der Waals surface area contributed by atoms with Crippen LogP contribution in [0.4, 0.5) is 0 Å². The Morgan fingerprint density at radius 3 is 2.56 bits per heavy atom. The molecule has 1 aliphatic rings. The van der Waals surface area contributed by atoms with E-state index in [2.05, 4.69) is 17.4 Å². The summed E-state index contributed by atoms with van der Waals surface area (Å²) in [5.41, 5.74) is 3.34. The maximum Gasteiger partial charge on any atom is 0.349 e. The molecule has 25 heavy (non-hydrogen) atoms. The van der Waals surface area contributed by atoms with E-state index in [9.17, 15) is 9.59 Å². The van der Waals surface area contributed by atoms with Crippen LogP contribution in [-0.4, -0.2) is 23.5 Å². The number of fused-ring (bicyclic) bond motifs is 3. The van der Waals surface area contributed by atoms with Gasteiger partial charge in [-0.2, -0.15) is 0 Å². The van der Waals surface area contributed by atoms with E-state index < -0.39 is 12.1 Å². The van der Waals surface area contributed by atoms with Crippen LogP contribution in [0, 0.1) is 0 Å². The molecular weight excluding hydrogens is 334 g/mol. The summed E-state index contributed by atoms with van der Waals surface area (Å²) in [4.78, 5) is 26.3. The topological polar surface area (TPSA) is 55.4 Å². The zero-order valence-corrected chi connectivity index (χ0v) is 15.8. The summed E-state index contributed by atoms with van der Waals surface area (Å²) in [5.74, 6) is -0.721. The Bertz CT molecular complexity index is 817. The first kappa shape index (κ1) is 17.7. The van der Waals surface area contributed by atoms with Gasteiger partial charge >= 0.3 is 5.97 Å². The Morgan fingerprint density at radius 1 is 1.16 bits per heavy atom. The molecule has 0 radical (unpaired) electrons. The van der Waals surface area contributed by atoms with Gasteiger partial charge in [0.1, 0.15) is 4.88 Å². The number of aryl methyl sites for hydroxylation is 2. The molecular formula is C20H23NO3S. The third kappa shape index (κ3) is 3.93. The van der Waals surface area contributed by atoms with Gasteiger partial charge in [-0.15, -0.1) is 11.3 Å². The monoisotopic (exact) mass is 357 g/mol. The molecule has 1 aromatic carbocycles. The minimum atomic E-state index is -0.821. The van der Waals surface area contributed by atoms with Crippen LogP contribution in [0.15, 0.2) is 30.3 Å². The molecule has 0 aliphatic heterocycles. The fourth-order valence-corrected chi connectivity index (χ4v) is 4.07. The molecule has 0 saturated carbocycles. The Kier molecular flexibility index (Phi) is 4.69. The number of amides is 1. The maximum atomic E-state index is 12.5. The van der Waals surface area contributed by atoms with E-state index in [4.69, 9.17) is 4.74 Å². The molecule has 0 bridgehead atoms. The number of thiophene rings is 1. The molecule has 1 atom stereocenters. The minimum absolute atomic E-state index is 0.285. The highest BCUT2D eigenvalue weighted by atomic mass is 32.1. The summed E-state index contributed by atoms with van der Waals surface area (Å²) < 4.78 is 5.37. The van der Waals surface area contributed by atoms with Crippen LogP contribution in [-0.2, 0) is 22.4 Å². The normalized spacial score (nSPS) is 14.2. The summed E-state index contributed by atoms with van der Waals surface area (Å²) >= 11 is 1.45. The van der Waals surface area contributed by atoms with Crippen molar-refractivity contribution in [3.63, 3.8) is 0 Å². The van der Waals surface area contributed by atoms with Crippen LogP contribution in [0.3, 0.4) is 0 Å². The van der Waals surface area contributed by atoms with Gasteiger partial charge in [-0.05, 0) is 63.3 Å². The van der Waals surface area contributed by atoms with Crippen molar-refractivity contribution in [3.05, 3.63) is 46.3 Å². The number of hydrogen-bond acceptors (Lipinski definition) is 4. The van der Waals surface area contributed by atoms with Crippen molar-refractivity contribution in [2.45, 2.75) is 52.2 Å². The van der Waals surface area contributed by atoms with Gasteiger partial charge in [-0.3, -0.25) is 4.79 Å². The predicted octanol–water partition coefficient (Wildman–Crippen LogP) is 3.97. The molecule has 0 fully saturated rings. The highest BCUT2D eigenvalue weighted by molar-refractivity contribution is 7.17. The first-order valence-electron chi connectivity index (χ1n) is 8.48. The number of hydrogen-bond donors (Lipinski definition) is 1. The van der Waals surface area contributed by atoms with E-state index in [-0.39, 0.29) is 11.4 Å². The molecule has 1 aliphatic carbocycles. The van der Waals surface area contributed by atoms with Crippen LogP contribution < -0.4 is 5.32 Å². The molecule has 1 amide bonds. The number of nitrogens with one attached hydrogen (secondary N) is 1. The zero-order valence-electron chi connectivity index (χ0n) is 15.0. The van der Waals surface area contributed by atoms with E-state index in [1.165, 1.54) is 28.0 Å². The summed E-state index contributed by atoms with van der Waals surface area (Å²) in [6, 6.07) is 10.2. The molecule has 5 heteroatoms. The van der Waals surface area contributed by atoms with E-state index in [0.29, 0.717) is 4.88 Å². The fraction of sp³-hybridized carbons (Fsp3) is 0.400. The van der Waals surface area contributed by atoms with E-state index in [1.54, 1.807) is 6.92 Å². The smallest absolute Gasteiger partial charge is 0.349 e. The highest BCUT2D eigenvalue weighted by Crippen LogP contribution is 2.39. The van der Waals surface area contributed by atoms with Gasteiger partial charge in [0.25, 0.3) is 5.91 Å². The number of benzene rings is 1. The van der Waals surface area contributed by atoms with Crippen LogP contribution in [0.5, 0.6) is 0 Å². The summed E-state index contributed by atoms with van der Waals surface area (Å²) in [6.45, 7) is 7.28. The molecule has 132 valence electrons. The van der Waals surface area contributed by atoms with E-state index in [1.807, 2.05) is 39.0 Å². The molecule has 0 spiro atoms. The third-order valence-corrected chi connectivity index (χ3v) is 5.28. The summed E-state index contributed by atoms with van der Waals surface area (Å²) in [5, 5.41) is 2.82. The van der Waals surface area contributed by atoms with Gasteiger partial charge in [-0.1, -0.05) is 24.3 Å². The zero-order chi connectivity index (χ0) is 18.2. The first-order chi connectivity index (χ1) is 11.7. The quantitative estimate of drug-likeness (QED) is 0.846. The SMILES string of the molecule is C[C@H](OC(=O)c1cc2c(s1)-c1ccccc1CC2)C(=O)NC(C)(C)C. The second-order valence-electron chi connectivity index (χ2n) is 7.41. The third-order valence-electron chi connectivity index (χ3n) is 4.09. The lowest BCUT2D eigenvalue weighted by molar-refractivity contribution is -0.130. The molecule has 0 saturated heterocycles. The van der Waals surface area contributed by atoms with Crippen molar-refractivity contribution < 1.29 is 14.3 Å². The van der Waals surface area contributed by atoms with Gasteiger partial charge < -0.3 is 10.1 Å². The van der Waals surface area contributed by atoms with Crippen LogP contribution in [0.25, 0.3) is 10.4 Å². The van der Waals surface area contributed by atoms with Crippen LogP contribution in [0.2, 0.25) is 0 Å². The first-order valence-corrected chi connectivity index (χ1v) is 9.30. The number of carbonyl (C=O) groups is 2. The second kappa shape index (κ2) is 6.64. The van der Waals surface area contributed by atoms with Gasteiger partial charge in [-0.25, -0.2) is 4.79 Å². The fourth-order valence-electron chi connectivity index (χ4n) is 2.92. The molecule has 4 nitrogen and oxygen atoms in total. The molecule has 3 rings (SSSR count). The lowest BCUT2D eigenvalue weighted by atomic mass is 9.91. The van der Waals surface area contributed by atoms with Crippen LogP contribution >= 0.6 is 11.3 Å². The van der Waals surface area contributed by atoms with Crippen molar-refractivity contribution >= 4 is 23.2 Å². The molecule has 1 aromatic heterocycles. The Labute approximate surface area is 152 Å². The predicted molar refractivity (Wildman–Crippen MR) is 99.9 cm³/mol. The lowest BCUT2D eigenvalue weighted by Gasteiger charge is -2.23. The summed E-state index contributed by atoms with van der Waals surface area (Å²) in [7, 11) is 0. The van der Waals surface area contributed by atoms with Gasteiger partial charge in [0.2, 0.25) is 0 Å². The summed E-state index contributed by atoms with van der Waals surface area (Å²) in [6.07, 6.45) is 1.09. The van der Waals surface area contributed by atoms with Gasteiger partial charge in [0.15, 0.2) is 6.10 Å². The maximum absolute atomic E-state index is 12.5. The van der Waals surface area contributed by atoms with Gasteiger partial charge in [0, 0.05) is 10.4 Å². The lowest BCUT2D eigenvalue weighted by Crippen LogP contribution is -2.46. The number of esters is 1. The highest BCUT2D eigenvalue weighted by Gasteiger charge is 2.26. The van der Waals surface area contributed by atoms with Crippen molar-refractivity contribution in [1.29, 1.82) is 0 Å². The number of ether oxygens (including phenoxy) is 1. The average Bonchev–Trinajstić information content (AvgIpc) is 2.98. The minimum Gasteiger partial charge on any atom is -0.448 e. The van der Waals surface area contributed by atoms with Crippen LogP contribution in [0.1, 0.15) is 48.5 Å². The van der Waals surface area contributed by atoms with Crippen molar-refractivity contribution in [2.75, 3.05) is 0 Å². The van der Waals surface area contributed by atoms with Crippen molar-refractivity contribution in [1.82, 2.24) is 5.32 Å². The van der Waals surface area contributed by atoms with E-state index >= 15 is 0 Å². The average molecular weight is 357 g/mol. The Hall–Kier alpha value is -2.14. The molecule has 1 N–H and O–H groups in total. The standard InChI is InChI=1S/C20H23NO3S/c1-12(18(22)21-20(2,3)4)24-19(23)16-11-14-10-9-13-7-5-6-8-15(13)17(14)25-16/h5-8,11-12H,9-10H2,1-4H3,(H,21,22)/t12-/m0/s1. The molecule has 1 heterocycles. The Morgan fingerprint density at radius 2 is 1.84 bits per heavy atom. The number of carbonyl (C=O) groups excluding carboxylic acids is 2. The van der Waals surface area contributed by atoms with Crippen molar-refractivity contribution in [2.24, 2.45) is 0 Å². The van der Waals surface area contributed by atoms with E-state index in [0.717, 1.165) is 17.7 Å². The Balaban J connectivity index is 1.75.